The van der Waals surface area contributed by atoms with Crippen molar-refractivity contribution in [3.05, 3.63) is 23.9 Å². The molecular formula is C14H18N2O3. The van der Waals surface area contributed by atoms with Gasteiger partial charge in [-0.2, -0.15) is 4.98 Å². The molecule has 2 aromatic rings. The van der Waals surface area contributed by atoms with Crippen LogP contribution in [0.15, 0.2) is 18.3 Å². The summed E-state index contributed by atoms with van der Waals surface area (Å²) in [6.45, 7) is 7.42. The number of ether oxygens (including phenoxy) is 2. The van der Waals surface area contributed by atoms with E-state index in [1.807, 2.05) is 33.8 Å². The summed E-state index contributed by atoms with van der Waals surface area (Å²) in [5.41, 5.74) is 0.975. The number of nitrogens with zero attached hydrogens (tertiary/aromatic N) is 2. The average Bonchev–Trinajstić information content (AvgIpc) is 2.64. The topological polar surface area (TPSA) is 53.4 Å². The van der Waals surface area contributed by atoms with Crippen molar-refractivity contribution in [3.63, 3.8) is 0 Å². The first kappa shape index (κ1) is 13.4. The fourth-order valence-electron chi connectivity index (χ4n) is 1.81. The van der Waals surface area contributed by atoms with Gasteiger partial charge in [0, 0.05) is 17.6 Å². The van der Waals surface area contributed by atoms with Gasteiger partial charge in [0.1, 0.15) is 5.60 Å². The number of aryl methyl sites for hydroxylation is 1. The van der Waals surface area contributed by atoms with E-state index in [1.54, 1.807) is 19.4 Å². The lowest BCUT2D eigenvalue weighted by Gasteiger charge is -2.19. The van der Waals surface area contributed by atoms with Gasteiger partial charge >= 0.3 is 6.09 Å². The number of rotatable bonds is 1. The van der Waals surface area contributed by atoms with Crippen molar-refractivity contribution < 1.29 is 14.3 Å². The molecule has 0 spiro atoms. The van der Waals surface area contributed by atoms with Crippen LogP contribution in [0.2, 0.25) is 0 Å². The van der Waals surface area contributed by atoms with E-state index in [0.717, 1.165) is 10.9 Å². The summed E-state index contributed by atoms with van der Waals surface area (Å²) in [6, 6.07) is 3.66. The molecule has 0 N–H and O–H groups in total. The van der Waals surface area contributed by atoms with Gasteiger partial charge in [-0.1, -0.05) is 0 Å². The molecule has 0 saturated heterocycles. The van der Waals surface area contributed by atoms with Crippen LogP contribution in [-0.4, -0.2) is 28.4 Å². The third kappa shape index (κ3) is 2.70. The van der Waals surface area contributed by atoms with Crippen molar-refractivity contribution in [2.24, 2.45) is 0 Å². The quantitative estimate of drug-likeness (QED) is 0.792. The van der Waals surface area contributed by atoms with Crippen molar-refractivity contribution in [2.45, 2.75) is 33.3 Å². The number of methoxy groups -OCH3 is 1. The fourth-order valence-corrected chi connectivity index (χ4v) is 1.81. The predicted octanol–water partition coefficient (Wildman–Crippen LogP) is 3.14. The van der Waals surface area contributed by atoms with Gasteiger partial charge in [0.25, 0.3) is 0 Å². The van der Waals surface area contributed by atoms with Crippen molar-refractivity contribution >= 4 is 17.1 Å². The number of pyridine rings is 1. The van der Waals surface area contributed by atoms with E-state index in [2.05, 4.69) is 4.98 Å². The second-order valence-electron chi connectivity index (χ2n) is 5.39. The second kappa shape index (κ2) is 4.57. The molecule has 2 rings (SSSR count). The van der Waals surface area contributed by atoms with E-state index in [9.17, 15) is 4.79 Å². The van der Waals surface area contributed by atoms with Crippen molar-refractivity contribution in [1.82, 2.24) is 9.55 Å². The fraction of sp³-hybridized carbons (Fsp3) is 0.429. The van der Waals surface area contributed by atoms with Gasteiger partial charge in [-0.3, -0.25) is 0 Å². The monoisotopic (exact) mass is 262 g/mol. The number of carbonyl (C=O) groups is 1. The Morgan fingerprint density at radius 3 is 2.58 bits per heavy atom. The molecule has 0 fully saturated rings. The summed E-state index contributed by atoms with van der Waals surface area (Å²) in [4.78, 5) is 16.5. The molecule has 2 heterocycles. The molecule has 19 heavy (non-hydrogen) atoms. The Hall–Kier alpha value is -2.04. The minimum absolute atomic E-state index is 0.439. The highest BCUT2D eigenvalue weighted by atomic mass is 16.6. The first-order valence-corrected chi connectivity index (χ1v) is 6.08. The first-order chi connectivity index (χ1) is 8.81. The Labute approximate surface area is 112 Å². The van der Waals surface area contributed by atoms with E-state index in [1.165, 1.54) is 4.57 Å². The maximum Gasteiger partial charge on any atom is 0.420 e. The summed E-state index contributed by atoms with van der Waals surface area (Å²) in [7, 11) is 1.54. The van der Waals surface area contributed by atoms with Crippen LogP contribution in [0.4, 0.5) is 4.79 Å². The lowest BCUT2D eigenvalue weighted by atomic mass is 10.2. The molecule has 0 aliphatic heterocycles. The number of aromatic nitrogens is 2. The van der Waals surface area contributed by atoms with Crippen LogP contribution < -0.4 is 4.74 Å². The smallest absolute Gasteiger partial charge is 0.420 e. The van der Waals surface area contributed by atoms with Crippen molar-refractivity contribution in [3.8, 4) is 5.88 Å². The normalized spacial score (nSPS) is 11.6. The summed E-state index contributed by atoms with van der Waals surface area (Å²) < 4.78 is 11.9. The summed E-state index contributed by atoms with van der Waals surface area (Å²) >= 11 is 0. The van der Waals surface area contributed by atoms with Gasteiger partial charge in [0.15, 0.2) is 5.65 Å². The summed E-state index contributed by atoms with van der Waals surface area (Å²) in [6.07, 6.45) is 1.29. The SMILES string of the molecule is COc1ccc2c(C)cn(C(=O)OC(C)(C)C)c2n1. The highest BCUT2D eigenvalue weighted by Gasteiger charge is 2.20. The molecule has 5 heteroatoms. The lowest BCUT2D eigenvalue weighted by molar-refractivity contribution is 0.0543. The molecule has 0 unspecified atom stereocenters. The van der Waals surface area contributed by atoms with E-state index < -0.39 is 11.7 Å². The van der Waals surface area contributed by atoms with Crippen molar-refractivity contribution in [1.29, 1.82) is 0 Å². The van der Waals surface area contributed by atoms with E-state index in [0.29, 0.717) is 11.5 Å². The Balaban J connectivity index is 2.51. The van der Waals surface area contributed by atoms with Gasteiger partial charge < -0.3 is 9.47 Å². The zero-order valence-electron chi connectivity index (χ0n) is 11.9. The number of fused-ring (bicyclic) bond motifs is 1. The molecule has 0 saturated carbocycles. The van der Waals surface area contributed by atoms with Gasteiger partial charge in [0.05, 0.1) is 7.11 Å². The van der Waals surface area contributed by atoms with Gasteiger partial charge in [0.2, 0.25) is 5.88 Å². The van der Waals surface area contributed by atoms with Crippen LogP contribution in [0, 0.1) is 6.92 Å². The Bertz CT molecular complexity index is 623. The van der Waals surface area contributed by atoms with E-state index in [4.69, 9.17) is 9.47 Å². The molecule has 5 nitrogen and oxygen atoms in total. The largest absolute Gasteiger partial charge is 0.481 e. The van der Waals surface area contributed by atoms with Crippen LogP contribution in [0.5, 0.6) is 5.88 Å². The third-order valence-electron chi connectivity index (χ3n) is 2.62. The summed E-state index contributed by atoms with van der Waals surface area (Å²) in [5, 5.41) is 0.909. The number of carbonyl (C=O) groups excluding carboxylic acids is 1. The molecule has 0 atom stereocenters. The molecule has 0 aliphatic carbocycles. The van der Waals surface area contributed by atoms with Gasteiger partial charge in [-0.05, 0) is 39.3 Å². The van der Waals surface area contributed by atoms with Crippen LogP contribution in [0.3, 0.4) is 0 Å². The standard InChI is InChI=1S/C14H18N2O3/c1-9-8-16(13(17)19-14(2,3)4)12-10(9)6-7-11(15-12)18-5/h6-8H,1-5H3. The molecule has 2 aromatic heterocycles. The predicted molar refractivity (Wildman–Crippen MR) is 72.7 cm³/mol. The molecule has 0 aromatic carbocycles. The lowest BCUT2D eigenvalue weighted by Crippen LogP contribution is -2.26. The van der Waals surface area contributed by atoms with Gasteiger partial charge in [-0.15, -0.1) is 0 Å². The number of hydrogen-bond acceptors (Lipinski definition) is 4. The minimum atomic E-state index is -0.541. The van der Waals surface area contributed by atoms with Crippen LogP contribution in [0.25, 0.3) is 11.0 Å². The molecular weight excluding hydrogens is 244 g/mol. The Morgan fingerprint density at radius 2 is 2.00 bits per heavy atom. The molecule has 0 aliphatic rings. The average molecular weight is 262 g/mol. The van der Waals surface area contributed by atoms with Crippen LogP contribution in [-0.2, 0) is 4.74 Å². The highest BCUT2D eigenvalue weighted by molar-refractivity contribution is 5.89. The van der Waals surface area contributed by atoms with E-state index in [-0.39, 0.29) is 0 Å². The maximum atomic E-state index is 12.1. The second-order valence-corrected chi connectivity index (χ2v) is 5.39. The zero-order chi connectivity index (χ0) is 14.2. The summed E-state index contributed by atoms with van der Waals surface area (Å²) in [5.74, 6) is 0.468. The highest BCUT2D eigenvalue weighted by Crippen LogP contribution is 2.23. The Kier molecular flexibility index (Phi) is 3.22. The zero-order valence-corrected chi connectivity index (χ0v) is 11.9. The Morgan fingerprint density at radius 1 is 1.32 bits per heavy atom. The molecule has 102 valence electrons. The van der Waals surface area contributed by atoms with Crippen LogP contribution in [0.1, 0.15) is 26.3 Å². The van der Waals surface area contributed by atoms with Crippen LogP contribution >= 0.6 is 0 Å². The third-order valence-corrected chi connectivity index (χ3v) is 2.62. The van der Waals surface area contributed by atoms with Crippen molar-refractivity contribution in [2.75, 3.05) is 7.11 Å². The van der Waals surface area contributed by atoms with Gasteiger partial charge in [-0.25, -0.2) is 9.36 Å². The van der Waals surface area contributed by atoms with E-state index >= 15 is 0 Å². The first-order valence-electron chi connectivity index (χ1n) is 6.08. The molecule has 0 bridgehead atoms. The maximum absolute atomic E-state index is 12.1. The minimum Gasteiger partial charge on any atom is -0.481 e. The molecule has 0 radical (unpaired) electrons. The number of hydrogen-bond donors (Lipinski definition) is 0. The molecule has 0 amide bonds.